The fourth-order valence-corrected chi connectivity index (χ4v) is 2.74. The molecule has 0 amide bonds. The maximum absolute atomic E-state index is 12.7. The van der Waals surface area contributed by atoms with Gasteiger partial charge in [0.1, 0.15) is 11.3 Å². The molecule has 5 heteroatoms. The first-order valence-corrected chi connectivity index (χ1v) is 8.28. The highest BCUT2D eigenvalue weighted by atomic mass is 16.5. The topological polar surface area (TPSA) is 68.4 Å². The SMILES string of the molecule is CCOC(=O)c1c(-c2ccccc2)cc(-c2ccc(OC)cc2)[nH]c1=O. The van der Waals surface area contributed by atoms with Gasteiger partial charge in [-0.15, -0.1) is 0 Å². The number of pyridine rings is 1. The number of esters is 1. The summed E-state index contributed by atoms with van der Waals surface area (Å²) in [5, 5.41) is 0. The zero-order valence-corrected chi connectivity index (χ0v) is 14.6. The van der Waals surface area contributed by atoms with E-state index >= 15 is 0 Å². The van der Waals surface area contributed by atoms with Crippen molar-refractivity contribution in [2.24, 2.45) is 0 Å². The second-order valence-corrected chi connectivity index (χ2v) is 5.62. The summed E-state index contributed by atoms with van der Waals surface area (Å²) in [5.41, 5.74) is 2.28. The molecule has 0 aliphatic heterocycles. The number of aromatic amines is 1. The molecule has 0 bridgehead atoms. The van der Waals surface area contributed by atoms with Crippen molar-refractivity contribution in [1.82, 2.24) is 4.98 Å². The van der Waals surface area contributed by atoms with Crippen LogP contribution >= 0.6 is 0 Å². The third kappa shape index (κ3) is 3.52. The molecule has 0 saturated heterocycles. The molecule has 1 N–H and O–H groups in total. The van der Waals surface area contributed by atoms with Crippen LogP contribution in [0.1, 0.15) is 17.3 Å². The van der Waals surface area contributed by atoms with Crippen molar-refractivity contribution in [2.75, 3.05) is 13.7 Å². The number of carbonyl (C=O) groups is 1. The number of methoxy groups -OCH3 is 1. The summed E-state index contributed by atoms with van der Waals surface area (Å²) in [4.78, 5) is 27.8. The molecule has 3 aromatic rings. The van der Waals surface area contributed by atoms with Gasteiger partial charge in [0, 0.05) is 11.3 Å². The second-order valence-electron chi connectivity index (χ2n) is 5.62. The van der Waals surface area contributed by atoms with Gasteiger partial charge in [0.05, 0.1) is 13.7 Å². The quantitative estimate of drug-likeness (QED) is 0.710. The zero-order chi connectivity index (χ0) is 18.5. The van der Waals surface area contributed by atoms with Crippen molar-refractivity contribution >= 4 is 5.97 Å². The third-order valence-electron chi connectivity index (χ3n) is 4.00. The van der Waals surface area contributed by atoms with Crippen molar-refractivity contribution in [3.8, 4) is 28.1 Å². The minimum atomic E-state index is -0.631. The molecule has 5 nitrogen and oxygen atoms in total. The number of rotatable bonds is 5. The number of nitrogens with one attached hydrogen (secondary N) is 1. The lowest BCUT2D eigenvalue weighted by Crippen LogP contribution is -2.21. The molecule has 0 spiro atoms. The van der Waals surface area contributed by atoms with Crippen molar-refractivity contribution in [3.63, 3.8) is 0 Å². The number of aromatic nitrogens is 1. The van der Waals surface area contributed by atoms with E-state index in [1.54, 1.807) is 20.1 Å². The van der Waals surface area contributed by atoms with E-state index in [2.05, 4.69) is 4.98 Å². The molecule has 132 valence electrons. The maximum Gasteiger partial charge on any atom is 0.344 e. The molecule has 1 aromatic heterocycles. The summed E-state index contributed by atoms with van der Waals surface area (Å²) in [6.45, 7) is 1.91. The fourth-order valence-electron chi connectivity index (χ4n) is 2.74. The van der Waals surface area contributed by atoms with Gasteiger partial charge in [-0.2, -0.15) is 0 Å². The number of ether oxygens (including phenoxy) is 2. The first-order chi connectivity index (χ1) is 12.6. The van der Waals surface area contributed by atoms with Crippen LogP contribution in [0.15, 0.2) is 65.5 Å². The highest BCUT2D eigenvalue weighted by Crippen LogP contribution is 2.27. The van der Waals surface area contributed by atoms with Gasteiger partial charge in [-0.05, 0) is 48.4 Å². The summed E-state index contributed by atoms with van der Waals surface area (Å²) in [7, 11) is 1.60. The van der Waals surface area contributed by atoms with Gasteiger partial charge >= 0.3 is 5.97 Å². The largest absolute Gasteiger partial charge is 0.497 e. The molecular weight excluding hydrogens is 330 g/mol. The van der Waals surface area contributed by atoms with E-state index in [1.807, 2.05) is 54.6 Å². The Bertz CT molecular complexity index is 960. The van der Waals surface area contributed by atoms with Crippen LogP contribution in [0.3, 0.4) is 0 Å². The van der Waals surface area contributed by atoms with E-state index in [0.29, 0.717) is 11.3 Å². The smallest absolute Gasteiger partial charge is 0.344 e. The molecule has 1 heterocycles. The molecule has 0 fully saturated rings. The number of hydrogen-bond donors (Lipinski definition) is 1. The van der Waals surface area contributed by atoms with Crippen LogP contribution in [0.2, 0.25) is 0 Å². The Balaban J connectivity index is 2.18. The fraction of sp³-hybridized carbons (Fsp3) is 0.143. The molecule has 2 aromatic carbocycles. The first-order valence-electron chi connectivity index (χ1n) is 8.28. The van der Waals surface area contributed by atoms with Crippen LogP contribution in [0.4, 0.5) is 0 Å². The number of hydrogen-bond acceptors (Lipinski definition) is 4. The first kappa shape index (κ1) is 17.5. The van der Waals surface area contributed by atoms with Crippen LogP contribution in [-0.2, 0) is 4.74 Å². The van der Waals surface area contributed by atoms with Crippen LogP contribution in [0, 0.1) is 0 Å². The Labute approximate surface area is 151 Å². The minimum absolute atomic E-state index is 0.00955. The van der Waals surface area contributed by atoms with Crippen LogP contribution in [0.5, 0.6) is 5.75 Å². The van der Waals surface area contributed by atoms with Crippen molar-refractivity contribution in [2.45, 2.75) is 6.92 Å². The molecule has 26 heavy (non-hydrogen) atoms. The van der Waals surface area contributed by atoms with E-state index in [-0.39, 0.29) is 12.2 Å². The Morgan fingerprint density at radius 1 is 1.00 bits per heavy atom. The number of carbonyl (C=O) groups excluding carboxylic acids is 1. The van der Waals surface area contributed by atoms with E-state index in [0.717, 1.165) is 16.9 Å². The molecule has 0 unspecified atom stereocenters. The summed E-state index contributed by atoms with van der Waals surface area (Å²) in [6.07, 6.45) is 0. The maximum atomic E-state index is 12.7. The predicted octanol–water partition coefficient (Wildman–Crippen LogP) is 3.89. The lowest BCUT2D eigenvalue weighted by molar-refractivity contribution is 0.0525. The minimum Gasteiger partial charge on any atom is -0.497 e. The van der Waals surface area contributed by atoms with Gasteiger partial charge in [-0.1, -0.05) is 30.3 Å². The van der Waals surface area contributed by atoms with Crippen LogP contribution < -0.4 is 10.3 Å². The summed E-state index contributed by atoms with van der Waals surface area (Å²) < 4.78 is 10.2. The highest BCUT2D eigenvalue weighted by Gasteiger charge is 2.20. The average molecular weight is 349 g/mol. The van der Waals surface area contributed by atoms with Crippen molar-refractivity contribution in [3.05, 3.63) is 76.6 Å². The summed E-state index contributed by atoms with van der Waals surface area (Å²) in [6, 6.07) is 18.4. The lowest BCUT2D eigenvalue weighted by atomic mass is 9.98. The molecular formula is C21H19NO4. The lowest BCUT2D eigenvalue weighted by Gasteiger charge is -2.11. The highest BCUT2D eigenvalue weighted by molar-refractivity contribution is 5.97. The molecule has 3 rings (SSSR count). The van der Waals surface area contributed by atoms with Gasteiger partial charge in [0.15, 0.2) is 0 Å². The van der Waals surface area contributed by atoms with Crippen LogP contribution in [-0.4, -0.2) is 24.7 Å². The summed E-state index contributed by atoms with van der Waals surface area (Å²) in [5.74, 6) is 0.0939. The molecule has 0 radical (unpaired) electrons. The molecule has 0 aliphatic carbocycles. The van der Waals surface area contributed by atoms with Gasteiger partial charge in [0.25, 0.3) is 5.56 Å². The van der Waals surface area contributed by atoms with E-state index < -0.39 is 11.5 Å². The molecule has 0 atom stereocenters. The van der Waals surface area contributed by atoms with E-state index in [9.17, 15) is 9.59 Å². The van der Waals surface area contributed by atoms with E-state index in [1.165, 1.54) is 0 Å². The normalized spacial score (nSPS) is 10.4. The zero-order valence-electron chi connectivity index (χ0n) is 14.6. The number of benzene rings is 2. The standard InChI is InChI=1S/C21H19NO4/c1-3-26-21(24)19-17(14-7-5-4-6-8-14)13-18(22-20(19)23)15-9-11-16(25-2)12-10-15/h4-13H,3H2,1-2H3,(H,22,23). The van der Waals surface area contributed by atoms with Gasteiger partial charge in [-0.3, -0.25) is 4.79 Å². The second kappa shape index (κ2) is 7.70. The predicted molar refractivity (Wildman–Crippen MR) is 100 cm³/mol. The Morgan fingerprint density at radius 3 is 2.31 bits per heavy atom. The molecule has 0 saturated carbocycles. The van der Waals surface area contributed by atoms with Crippen LogP contribution in [0.25, 0.3) is 22.4 Å². The third-order valence-corrected chi connectivity index (χ3v) is 4.00. The Kier molecular flexibility index (Phi) is 5.17. The monoisotopic (exact) mass is 349 g/mol. The van der Waals surface area contributed by atoms with Gasteiger partial charge < -0.3 is 14.5 Å². The Hall–Kier alpha value is -3.34. The van der Waals surface area contributed by atoms with Gasteiger partial charge in [0.2, 0.25) is 0 Å². The number of H-pyrrole nitrogens is 1. The summed E-state index contributed by atoms with van der Waals surface area (Å²) >= 11 is 0. The Morgan fingerprint density at radius 2 is 1.69 bits per heavy atom. The average Bonchev–Trinajstić information content (AvgIpc) is 2.68. The van der Waals surface area contributed by atoms with Gasteiger partial charge in [-0.25, -0.2) is 4.79 Å². The van der Waals surface area contributed by atoms with Crippen molar-refractivity contribution in [1.29, 1.82) is 0 Å². The van der Waals surface area contributed by atoms with E-state index in [4.69, 9.17) is 9.47 Å². The molecule has 0 aliphatic rings. The van der Waals surface area contributed by atoms with Crippen molar-refractivity contribution < 1.29 is 14.3 Å².